The molecule has 144 valence electrons. The fourth-order valence-electron chi connectivity index (χ4n) is 4.23. The third-order valence-corrected chi connectivity index (χ3v) is 5.65. The van der Waals surface area contributed by atoms with Crippen LogP contribution in [0.2, 0.25) is 0 Å². The number of hydrogen-bond donors (Lipinski definition) is 2. The summed E-state index contributed by atoms with van der Waals surface area (Å²) >= 11 is 0. The van der Waals surface area contributed by atoms with Crippen LogP contribution in [-0.4, -0.2) is 16.9 Å². The Morgan fingerprint density at radius 2 is 1.50 bits per heavy atom. The highest BCUT2D eigenvalue weighted by atomic mass is 16.1. The molecule has 0 atom stereocenters. The second-order valence-corrected chi connectivity index (χ2v) is 8.01. The van der Waals surface area contributed by atoms with E-state index in [0.29, 0.717) is 6.04 Å². The van der Waals surface area contributed by atoms with E-state index in [9.17, 15) is 4.79 Å². The first-order valence-corrected chi connectivity index (χ1v) is 10.3. The van der Waals surface area contributed by atoms with Crippen LogP contribution in [0.1, 0.15) is 61.5 Å². The second kappa shape index (κ2) is 8.05. The van der Waals surface area contributed by atoms with Crippen LogP contribution in [0.4, 0.5) is 0 Å². The van der Waals surface area contributed by atoms with Crippen LogP contribution in [0.5, 0.6) is 0 Å². The summed E-state index contributed by atoms with van der Waals surface area (Å²) in [6.07, 6.45) is 4.57. The molecule has 1 saturated carbocycles. The largest absolute Gasteiger partial charge is 0.357 e. The molecule has 1 aromatic heterocycles. The molecule has 0 bridgehead atoms. The number of aromatic nitrogens is 1. The molecule has 0 radical (unpaired) electrons. The molecule has 0 aliphatic heterocycles. The van der Waals surface area contributed by atoms with E-state index in [-0.39, 0.29) is 11.8 Å². The zero-order chi connectivity index (χ0) is 19.5. The lowest BCUT2D eigenvalue weighted by Gasteiger charge is -2.15. The summed E-state index contributed by atoms with van der Waals surface area (Å²) in [5, 5.41) is 3.31. The monoisotopic (exact) mass is 372 g/mol. The molecule has 0 spiro atoms. The molecule has 1 amide bonds. The Bertz CT molecular complexity index is 935. The van der Waals surface area contributed by atoms with Gasteiger partial charge >= 0.3 is 0 Å². The summed E-state index contributed by atoms with van der Waals surface area (Å²) in [5.74, 6) is 0.275. The number of carbonyl (C=O) groups is 1. The van der Waals surface area contributed by atoms with E-state index in [2.05, 4.69) is 48.4 Å². The van der Waals surface area contributed by atoms with Crippen molar-refractivity contribution in [3.63, 3.8) is 0 Å². The van der Waals surface area contributed by atoms with Gasteiger partial charge in [-0.3, -0.25) is 4.79 Å². The van der Waals surface area contributed by atoms with Crippen molar-refractivity contribution in [3.05, 3.63) is 71.9 Å². The number of benzene rings is 2. The van der Waals surface area contributed by atoms with Gasteiger partial charge in [-0.15, -0.1) is 0 Å². The Hall–Kier alpha value is -2.81. The SMILES string of the molecule is CC(C)c1[nH]c(-c2ccccc2)c(-c2ccccc2)c1C(=O)NC1CCCC1. The van der Waals surface area contributed by atoms with Crippen LogP contribution < -0.4 is 5.32 Å². The summed E-state index contributed by atoms with van der Waals surface area (Å²) < 4.78 is 0. The first kappa shape index (κ1) is 18.5. The van der Waals surface area contributed by atoms with Crippen molar-refractivity contribution in [2.75, 3.05) is 0 Å². The van der Waals surface area contributed by atoms with Gasteiger partial charge in [0, 0.05) is 17.3 Å². The van der Waals surface area contributed by atoms with Gasteiger partial charge in [0.1, 0.15) is 0 Å². The molecular weight excluding hydrogens is 344 g/mol. The molecule has 28 heavy (non-hydrogen) atoms. The average molecular weight is 373 g/mol. The predicted octanol–water partition coefficient (Wildman–Crippen LogP) is 6.14. The van der Waals surface area contributed by atoms with Gasteiger partial charge < -0.3 is 10.3 Å². The standard InChI is InChI=1S/C25H28N2O/c1-17(2)23-22(25(28)26-20-15-9-10-16-20)21(18-11-5-3-6-12-18)24(27-23)19-13-7-4-8-14-19/h3-8,11-14,17,20,27H,9-10,15-16H2,1-2H3,(H,26,28). The number of amides is 1. The topological polar surface area (TPSA) is 44.9 Å². The lowest BCUT2D eigenvalue weighted by Crippen LogP contribution is -2.33. The van der Waals surface area contributed by atoms with Crippen molar-refractivity contribution >= 4 is 5.91 Å². The van der Waals surface area contributed by atoms with E-state index in [4.69, 9.17) is 0 Å². The highest BCUT2D eigenvalue weighted by molar-refractivity contribution is 6.06. The number of rotatable bonds is 5. The summed E-state index contributed by atoms with van der Waals surface area (Å²) in [6, 6.07) is 20.9. The molecule has 1 aliphatic rings. The lowest BCUT2D eigenvalue weighted by atomic mass is 9.94. The molecule has 3 aromatic rings. The van der Waals surface area contributed by atoms with Gasteiger partial charge in [0.05, 0.1) is 11.3 Å². The van der Waals surface area contributed by atoms with Crippen LogP contribution in [0.25, 0.3) is 22.4 Å². The van der Waals surface area contributed by atoms with Crippen molar-refractivity contribution < 1.29 is 4.79 Å². The van der Waals surface area contributed by atoms with Crippen LogP contribution in [0, 0.1) is 0 Å². The van der Waals surface area contributed by atoms with Crippen LogP contribution >= 0.6 is 0 Å². The van der Waals surface area contributed by atoms with E-state index in [1.54, 1.807) is 0 Å². The fourth-order valence-corrected chi connectivity index (χ4v) is 4.23. The molecule has 2 aromatic carbocycles. The van der Waals surface area contributed by atoms with Gasteiger partial charge in [0.25, 0.3) is 5.91 Å². The highest BCUT2D eigenvalue weighted by Crippen LogP contribution is 2.39. The number of hydrogen-bond acceptors (Lipinski definition) is 1. The Kier molecular flexibility index (Phi) is 5.34. The van der Waals surface area contributed by atoms with Crippen molar-refractivity contribution in [2.45, 2.75) is 51.5 Å². The number of nitrogens with one attached hydrogen (secondary N) is 2. The van der Waals surface area contributed by atoms with Crippen molar-refractivity contribution in [1.29, 1.82) is 0 Å². The van der Waals surface area contributed by atoms with Crippen LogP contribution in [0.15, 0.2) is 60.7 Å². The Morgan fingerprint density at radius 3 is 2.07 bits per heavy atom. The van der Waals surface area contributed by atoms with Gasteiger partial charge in [0.2, 0.25) is 0 Å². The van der Waals surface area contributed by atoms with Crippen molar-refractivity contribution in [3.8, 4) is 22.4 Å². The van der Waals surface area contributed by atoms with Crippen LogP contribution in [-0.2, 0) is 0 Å². The Labute approximate surface area is 167 Å². The number of aromatic amines is 1. The number of carbonyl (C=O) groups excluding carboxylic acids is 1. The summed E-state index contributed by atoms with van der Waals surface area (Å²) in [5.41, 5.74) is 6.00. The smallest absolute Gasteiger partial charge is 0.253 e. The molecule has 0 unspecified atom stereocenters. The minimum atomic E-state index is 0.0490. The first-order chi connectivity index (χ1) is 13.6. The fraction of sp³-hybridized carbons (Fsp3) is 0.320. The summed E-state index contributed by atoms with van der Waals surface area (Å²) in [6.45, 7) is 4.28. The van der Waals surface area contributed by atoms with E-state index in [0.717, 1.165) is 46.5 Å². The minimum absolute atomic E-state index is 0.0490. The molecule has 4 rings (SSSR count). The molecule has 2 N–H and O–H groups in total. The van der Waals surface area contributed by atoms with Gasteiger partial charge in [-0.05, 0) is 29.9 Å². The Morgan fingerprint density at radius 1 is 0.929 bits per heavy atom. The second-order valence-electron chi connectivity index (χ2n) is 8.01. The molecule has 1 heterocycles. The zero-order valence-corrected chi connectivity index (χ0v) is 16.7. The van der Waals surface area contributed by atoms with E-state index in [1.165, 1.54) is 12.8 Å². The molecule has 0 saturated heterocycles. The summed E-state index contributed by atoms with van der Waals surface area (Å²) in [7, 11) is 0. The first-order valence-electron chi connectivity index (χ1n) is 10.3. The van der Waals surface area contributed by atoms with Crippen molar-refractivity contribution in [2.24, 2.45) is 0 Å². The average Bonchev–Trinajstić information content (AvgIpc) is 3.37. The van der Waals surface area contributed by atoms with E-state index in [1.807, 2.05) is 36.4 Å². The maximum Gasteiger partial charge on any atom is 0.253 e. The van der Waals surface area contributed by atoms with E-state index < -0.39 is 0 Å². The number of H-pyrrole nitrogens is 1. The van der Waals surface area contributed by atoms with Crippen molar-refractivity contribution in [1.82, 2.24) is 10.3 Å². The third kappa shape index (κ3) is 3.62. The molecule has 3 nitrogen and oxygen atoms in total. The van der Waals surface area contributed by atoms with Gasteiger partial charge in [0.15, 0.2) is 0 Å². The summed E-state index contributed by atoms with van der Waals surface area (Å²) in [4.78, 5) is 17.0. The molecule has 1 fully saturated rings. The maximum absolute atomic E-state index is 13.4. The normalized spacial score (nSPS) is 14.5. The quantitative estimate of drug-likeness (QED) is 0.555. The van der Waals surface area contributed by atoms with Gasteiger partial charge in [-0.2, -0.15) is 0 Å². The lowest BCUT2D eigenvalue weighted by molar-refractivity contribution is 0.0937. The van der Waals surface area contributed by atoms with Crippen LogP contribution in [0.3, 0.4) is 0 Å². The predicted molar refractivity (Wildman–Crippen MR) is 115 cm³/mol. The molecule has 1 aliphatic carbocycles. The third-order valence-electron chi connectivity index (χ3n) is 5.65. The molecular formula is C25H28N2O. The zero-order valence-electron chi connectivity index (χ0n) is 16.7. The minimum Gasteiger partial charge on any atom is -0.357 e. The highest BCUT2D eigenvalue weighted by Gasteiger charge is 2.28. The Balaban J connectivity index is 1.89. The van der Waals surface area contributed by atoms with Gasteiger partial charge in [-0.25, -0.2) is 0 Å². The maximum atomic E-state index is 13.4. The van der Waals surface area contributed by atoms with Gasteiger partial charge in [-0.1, -0.05) is 87.4 Å². The van der Waals surface area contributed by atoms with E-state index >= 15 is 0 Å². The molecule has 3 heteroatoms.